The van der Waals surface area contributed by atoms with E-state index in [2.05, 4.69) is 42.4 Å². The maximum atomic E-state index is 4.66. The number of aryl methyl sites for hydroxylation is 1. The van der Waals surface area contributed by atoms with E-state index in [4.69, 9.17) is 0 Å². The summed E-state index contributed by atoms with van der Waals surface area (Å²) in [5.41, 5.74) is 0. The minimum absolute atomic E-state index is 0.447. The van der Waals surface area contributed by atoms with E-state index in [0.717, 1.165) is 18.7 Å². The molecule has 0 saturated carbocycles. The van der Waals surface area contributed by atoms with E-state index in [-0.39, 0.29) is 0 Å². The Morgan fingerprint density at radius 2 is 2.00 bits per heavy atom. The Bertz CT molecular complexity index is 309. The third-order valence-electron chi connectivity index (χ3n) is 2.95. The molecule has 0 saturated heterocycles. The molecule has 0 aromatic carbocycles. The third kappa shape index (κ3) is 3.25. The van der Waals surface area contributed by atoms with Crippen molar-refractivity contribution in [2.45, 2.75) is 52.5 Å². The highest BCUT2D eigenvalue weighted by molar-refractivity contribution is 7.05. The number of likely N-dealkylation sites (N-methyl/N-ethyl adjacent to an activating group) is 1. The maximum Gasteiger partial charge on any atom is 0.142 e. The van der Waals surface area contributed by atoms with Gasteiger partial charge in [0.2, 0.25) is 0 Å². The number of hydrogen-bond acceptors (Lipinski definition) is 4. The summed E-state index contributed by atoms with van der Waals surface area (Å²) in [6, 6.07) is 0.447. The van der Waals surface area contributed by atoms with Gasteiger partial charge in [0, 0.05) is 18.4 Å². The summed E-state index contributed by atoms with van der Waals surface area (Å²) in [5.74, 6) is 2.06. The first-order valence-electron chi connectivity index (χ1n) is 6.09. The molecular weight excluding hydrogens is 218 g/mol. The largest absolute Gasteiger partial charge is 0.317 e. The first-order chi connectivity index (χ1) is 7.60. The first-order valence-corrected chi connectivity index (χ1v) is 6.87. The van der Waals surface area contributed by atoms with Crippen LogP contribution in [0, 0.1) is 5.92 Å². The quantitative estimate of drug-likeness (QED) is 0.832. The van der Waals surface area contributed by atoms with E-state index >= 15 is 0 Å². The molecule has 1 aromatic heterocycles. The average Bonchev–Trinajstić information content (AvgIpc) is 2.66. The summed E-state index contributed by atoms with van der Waals surface area (Å²) in [6.07, 6.45) is 2.11. The molecule has 4 heteroatoms. The van der Waals surface area contributed by atoms with Gasteiger partial charge in [0.1, 0.15) is 10.8 Å². The molecule has 1 N–H and O–H groups in total. The molecule has 0 amide bonds. The minimum atomic E-state index is 0.447. The monoisotopic (exact) mass is 241 g/mol. The van der Waals surface area contributed by atoms with Gasteiger partial charge in [0.15, 0.2) is 0 Å². The van der Waals surface area contributed by atoms with Gasteiger partial charge in [-0.2, -0.15) is 4.37 Å². The van der Waals surface area contributed by atoms with Crippen LogP contribution in [-0.2, 0) is 6.42 Å². The zero-order chi connectivity index (χ0) is 12.1. The Morgan fingerprint density at radius 3 is 2.50 bits per heavy atom. The number of nitrogens with one attached hydrogen (secondary N) is 1. The van der Waals surface area contributed by atoms with Crippen molar-refractivity contribution in [3.63, 3.8) is 0 Å². The van der Waals surface area contributed by atoms with Crippen LogP contribution < -0.4 is 5.32 Å². The fourth-order valence-corrected chi connectivity index (χ4v) is 3.06. The van der Waals surface area contributed by atoms with Crippen LogP contribution in [0.5, 0.6) is 0 Å². The molecule has 2 unspecified atom stereocenters. The molecule has 92 valence electrons. The van der Waals surface area contributed by atoms with Crippen molar-refractivity contribution in [2.24, 2.45) is 5.92 Å². The topological polar surface area (TPSA) is 37.8 Å². The molecule has 0 aliphatic carbocycles. The predicted octanol–water partition coefficient (Wildman–Crippen LogP) is 2.84. The van der Waals surface area contributed by atoms with Crippen LogP contribution in [0.15, 0.2) is 0 Å². The second-order valence-electron chi connectivity index (χ2n) is 4.65. The molecule has 3 nitrogen and oxygen atoms in total. The van der Waals surface area contributed by atoms with Crippen molar-refractivity contribution >= 4 is 11.5 Å². The van der Waals surface area contributed by atoms with Gasteiger partial charge in [0.25, 0.3) is 0 Å². The highest BCUT2D eigenvalue weighted by Crippen LogP contribution is 2.29. The summed E-state index contributed by atoms with van der Waals surface area (Å²) >= 11 is 1.57. The Balaban J connectivity index is 2.84. The summed E-state index contributed by atoms with van der Waals surface area (Å²) in [5, 5.41) is 4.51. The van der Waals surface area contributed by atoms with Crippen molar-refractivity contribution in [3.05, 3.63) is 10.8 Å². The van der Waals surface area contributed by atoms with E-state index in [1.54, 1.807) is 11.5 Å². The Morgan fingerprint density at radius 1 is 1.31 bits per heavy atom. The molecule has 0 aliphatic heterocycles. The van der Waals surface area contributed by atoms with Crippen LogP contribution >= 0.6 is 11.5 Å². The summed E-state index contributed by atoms with van der Waals surface area (Å²) in [7, 11) is 2.01. The smallest absolute Gasteiger partial charge is 0.142 e. The molecule has 16 heavy (non-hydrogen) atoms. The second-order valence-corrected chi connectivity index (χ2v) is 5.43. The highest BCUT2D eigenvalue weighted by Gasteiger charge is 2.25. The predicted molar refractivity (Wildman–Crippen MR) is 70.0 cm³/mol. The fraction of sp³-hybridized carbons (Fsp3) is 0.833. The van der Waals surface area contributed by atoms with Crippen molar-refractivity contribution in [3.8, 4) is 0 Å². The lowest BCUT2D eigenvalue weighted by molar-refractivity contribution is 0.394. The Hall–Kier alpha value is -0.480. The van der Waals surface area contributed by atoms with Crippen LogP contribution in [0.2, 0.25) is 0 Å². The molecule has 1 rings (SSSR count). The lowest BCUT2D eigenvalue weighted by Gasteiger charge is -2.24. The van der Waals surface area contributed by atoms with Gasteiger partial charge in [-0.15, -0.1) is 0 Å². The molecule has 0 spiro atoms. The lowest BCUT2D eigenvalue weighted by Crippen LogP contribution is -2.31. The molecule has 1 heterocycles. The standard InChI is InChI=1S/C12H23N3S/c1-6-7-10-14-12(16-15-10)11(8(2)3)9(4)13-5/h8-9,11,13H,6-7H2,1-5H3. The summed E-state index contributed by atoms with van der Waals surface area (Å²) < 4.78 is 4.43. The van der Waals surface area contributed by atoms with Crippen molar-refractivity contribution < 1.29 is 0 Å². The van der Waals surface area contributed by atoms with Gasteiger partial charge >= 0.3 is 0 Å². The van der Waals surface area contributed by atoms with Crippen LogP contribution in [0.25, 0.3) is 0 Å². The molecular formula is C12H23N3S. The van der Waals surface area contributed by atoms with Gasteiger partial charge in [-0.1, -0.05) is 20.8 Å². The van der Waals surface area contributed by atoms with Gasteiger partial charge in [-0.05, 0) is 37.8 Å². The lowest BCUT2D eigenvalue weighted by atomic mass is 9.90. The van der Waals surface area contributed by atoms with E-state index in [0.29, 0.717) is 17.9 Å². The number of rotatable bonds is 6. The van der Waals surface area contributed by atoms with E-state index in [1.165, 1.54) is 5.01 Å². The van der Waals surface area contributed by atoms with Crippen LogP contribution in [0.3, 0.4) is 0 Å². The normalized spacial score (nSPS) is 15.4. The number of nitrogens with zero attached hydrogens (tertiary/aromatic N) is 2. The molecule has 0 bridgehead atoms. The van der Waals surface area contributed by atoms with Gasteiger partial charge in [0.05, 0.1) is 0 Å². The molecule has 0 aliphatic rings. The van der Waals surface area contributed by atoms with Crippen LogP contribution in [0.1, 0.15) is 50.9 Å². The van der Waals surface area contributed by atoms with Gasteiger partial charge < -0.3 is 5.32 Å². The van der Waals surface area contributed by atoms with Gasteiger partial charge in [-0.25, -0.2) is 4.98 Å². The van der Waals surface area contributed by atoms with Crippen molar-refractivity contribution in [1.29, 1.82) is 0 Å². The van der Waals surface area contributed by atoms with Crippen LogP contribution in [-0.4, -0.2) is 22.4 Å². The molecule has 0 radical (unpaired) electrons. The minimum Gasteiger partial charge on any atom is -0.317 e. The maximum absolute atomic E-state index is 4.66. The number of hydrogen-bond donors (Lipinski definition) is 1. The summed E-state index contributed by atoms with van der Waals surface area (Å²) in [4.78, 5) is 4.66. The first kappa shape index (κ1) is 13.6. The van der Waals surface area contributed by atoms with Gasteiger partial charge in [-0.3, -0.25) is 0 Å². The van der Waals surface area contributed by atoms with Crippen LogP contribution in [0.4, 0.5) is 0 Å². The average molecular weight is 241 g/mol. The van der Waals surface area contributed by atoms with Crippen molar-refractivity contribution in [1.82, 2.24) is 14.7 Å². The van der Waals surface area contributed by atoms with Crippen molar-refractivity contribution in [2.75, 3.05) is 7.05 Å². The fourth-order valence-electron chi connectivity index (χ4n) is 1.98. The number of aromatic nitrogens is 2. The molecule has 0 fully saturated rings. The SMILES string of the molecule is CCCc1nsc(C(C(C)C)C(C)NC)n1. The third-order valence-corrected chi connectivity index (χ3v) is 3.81. The Labute approximate surface area is 103 Å². The molecule has 1 aromatic rings. The van der Waals surface area contributed by atoms with E-state index in [1.807, 2.05) is 7.05 Å². The zero-order valence-electron chi connectivity index (χ0n) is 10.9. The Kier molecular flexibility index (Phi) is 5.35. The highest BCUT2D eigenvalue weighted by atomic mass is 32.1. The zero-order valence-corrected chi connectivity index (χ0v) is 11.8. The van der Waals surface area contributed by atoms with E-state index < -0.39 is 0 Å². The van der Waals surface area contributed by atoms with E-state index in [9.17, 15) is 0 Å². The summed E-state index contributed by atoms with van der Waals surface area (Å²) in [6.45, 7) is 8.88. The second kappa shape index (κ2) is 6.30. The molecule has 2 atom stereocenters.